The minimum absolute atomic E-state index is 0.0778. The number of hydrogen-bond donors (Lipinski definition) is 1. The predicted octanol–water partition coefficient (Wildman–Crippen LogP) is 6.51. The van der Waals surface area contributed by atoms with Crippen LogP contribution in [0.4, 0.5) is 15.8 Å². The fraction of sp³-hybridized carbons (Fsp3) is 0.355. The lowest BCUT2D eigenvalue weighted by molar-refractivity contribution is -0.118. The van der Waals surface area contributed by atoms with E-state index in [1.807, 2.05) is 18.2 Å². The Morgan fingerprint density at radius 1 is 0.923 bits per heavy atom. The van der Waals surface area contributed by atoms with Gasteiger partial charge in [0.1, 0.15) is 11.6 Å². The van der Waals surface area contributed by atoms with Crippen molar-refractivity contribution in [2.45, 2.75) is 38.0 Å². The van der Waals surface area contributed by atoms with Crippen molar-refractivity contribution in [3.63, 3.8) is 0 Å². The first-order valence-electron chi connectivity index (χ1n) is 13.6. The molecule has 1 N–H and O–H groups in total. The van der Waals surface area contributed by atoms with Gasteiger partial charge in [-0.1, -0.05) is 55.1 Å². The highest BCUT2D eigenvalue weighted by Gasteiger charge is 2.25. The molecule has 0 radical (unpaired) electrons. The van der Waals surface area contributed by atoms with E-state index in [1.54, 1.807) is 29.2 Å². The summed E-state index contributed by atoms with van der Waals surface area (Å²) >= 11 is 6.25. The third-order valence-electron chi connectivity index (χ3n) is 7.57. The Labute approximate surface area is 233 Å². The van der Waals surface area contributed by atoms with Gasteiger partial charge in [0.05, 0.1) is 16.9 Å². The van der Waals surface area contributed by atoms with E-state index in [0.717, 1.165) is 5.69 Å². The summed E-state index contributed by atoms with van der Waals surface area (Å²) in [7, 11) is 0. The zero-order valence-corrected chi connectivity index (χ0v) is 22.6. The van der Waals surface area contributed by atoms with E-state index in [9.17, 15) is 14.0 Å². The van der Waals surface area contributed by atoms with E-state index < -0.39 is 5.82 Å². The largest absolute Gasteiger partial charge is 0.484 e. The maximum atomic E-state index is 14.1. The normalized spacial score (nSPS) is 16.2. The molecule has 2 amide bonds. The monoisotopic (exact) mass is 549 g/mol. The van der Waals surface area contributed by atoms with Crippen molar-refractivity contribution in [1.29, 1.82) is 0 Å². The molecule has 5 rings (SSSR count). The highest BCUT2D eigenvalue weighted by molar-refractivity contribution is 6.31. The van der Waals surface area contributed by atoms with Gasteiger partial charge in [0.25, 0.3) is 11.8 Å². The number of nitrogens with one attached hydrogen (secondary N) is 1. The standard InChI is InChI=1S/C31H33ClFN3O3/c32-24-12-15-29(35-16-18-36(19-17-35)31(38)26-8-4-5-9-27(26)33)28(20-24)34-30(37)21-39-25-13-10-23(11-14-25)22-6-2-1-3-7-22/h4-5,8-15,20,22H,1-3,6-7,16-19,21H2,(H,34,37). The number of halogens is 2. The number of anilines is 2. The fourth-order valence-corrected chi connectivity index (χ4v) is 5.62. The quantitative estimate of drug-likeness (QED) is 0.365. The van der Waals surface area contributed by atoms with Crippen molar-refractivity contribution in [1.82, 2.24) is 4.90 Å². The molecule has 1 aliphatic carbocycles. The summed E-state index contributed by atoms with van der Waals surface area (Å²) in [6, 6.07) is 19.4. The van der Waals surface area contributed by atoms with Gasteiger partial charge in [0, 0.05) is 31.2 Å². The van der Waals surface area contributed by atoms with Gasteiger partial charge in [0.2, 0.25) is 0 Å². The zero-order chi connectivity index (χ0) is 27.2. The highest BCUT2D eigenvalue weighted by Crippen LogP contribution is 2.33. The Hall–Kier alpha value is -3.58. The Morgan fingerprint density at radius 2 is 1.64 bits per heavy atom. The van der Waals surface area contributed by atoms with Crippen molar-refractivity contribution in [2.24, 2.45) is 0 Å². The molecular formula is C31H33ClFN3O3. The average molecular weight is 550 g/mol. The second-order valence-corrected chi connectivity index (χ2v) is 10.6. The minimum Gasteiger partial charge on any atom is -0.484 e. The van der Waals surface area contributed by atoms with Gasteiger partial charge < -0.3 is 19.9 Å². The van der Waals surface area contributed by atoms with E-state index in [4.69, 9.17) is 16.3 Å². The summed E-state index contributed by atoms with van der Waals surface area (Å²) in [5.41, 5.74) is 2.81. The fourth-order valence-electron chi connectivity index (χ4n) is 5.45. The number of piperazine rings is 1. The Balaban J connectivity index is 1.17. The third kappa shape index (κ3) is 6.71. The summed E-state index contributed by atoms with van der Waals surface area (Å²) in [5, 5.41) is 3.43. The molecule has 0 unspecified atom stereocenters. The Morgan fingerprint density at radius 3 is 2.36 bits per heavy atom. The molecule has 1 aliphatic heterocycles. The molecule has 8 heteroatoms. The number of rotatable bonds is 7. The van der Waals surface area contributed by atoms with Gasteiger partial charge >= 0.3 is 0 Å². The molecule has 2 aliphatic rings. The number of ether oxygens (including phenoxy) is 1. The zero-order valence-electron chi connectivity index (χ0n) is 21.9. The number of carbonyl (C=O) groups is 2. The van der Waals surface area contributed by atoms with Crippen molar-refractivity contribution in [2.75, 3.05) is 43.0 Å². The third-order valence-corrected chi connectivity index (χ3v) is 7.81. The molecule has 1 saturated carbocycles. The van der Waals surface area contributed by atoms with Gasteiger partial charge in [-0.2, -0.15) is 0 Å². The summed E-state index contributed by atoms with van der Waals surface area (Å²) in [6.07, 6.45) is 6.38. The molecule has 6 nitrogen and oxygen atoms in total. The van der Waals surface area contributed by atoms with Crippen molar-refractivity contribution >= 4 is 34.8 Å². The number of hydrogen-bond acceptors (Lipinski definition) is 4. The molecule has 0 spiro atoms. The second-order valence-electron chi connectivity index (χ2n) is 10.2. The number of amides is 2. The molecule has 0 bridgehead atoms. The Kier molecular flexibility index (Phi) is 8.67. The van der Waals surface area contributed by atoms with Gasteiger partial charge in [-0.3, -0.25) is 9.59 Å². The molecule has 204 valence electrons. The molecule has 3 aromatic rings. The van der Waals surface area contributed by atoms with Crippen LogP contribution in [-0.4, -0.2) is 49.5 Å². The first-order chi connectivity index (χ1) is 19.0. The van der Waals surface area contributed by atoms with Gasteiger partial charge in [-0.25, -0.2) is 4.39 Å². The van der Waals surface area contributed by atoms with E-state index in [1.165, 1.54) is 49.8 Å². The number of carbonyl (C=O) groups excluding carboxylic acids is 2. The second kappa shape index (κ2) is 12.5. The molecule has 0 atom stereocenters. The number of nitrogens with zero attached hydrogens (tertiary/aromatic N) is 2. The van der Waals surface area contributed by atoms with Crippen LogP contribution in [0.2, 0.25) is 5.02 Å². The van der Waals surface area contributed by atoms with Crippen molar-refractivity contribution < 1.29 is 18.7 Å². The van der Waals surface area contributed by atoms with Crippen molar-refractivity contribution in [3.05, 3.63) is 88.7 Å². The van der Waals surface area contributed by atoms with Crippen LogP contribution in [0.1, 0.15) is 53.9 Å². The maximum Gasteiger partial charge on any atom is 0.262 e. The lowest BCUT2D eigenvalue weighted by Crippen LogP contribution is -2.49. The van der Waals surface area contributed by atoms with Gasteiger partial charge in [-0.15, -0.1) is 0 Å². The van der Waals surface area contributed by atoms with Crippen LogP contribution in [0.25, 0.3) is 0 Å². The summed E-state index contributed by atoms with van der Waals surface area (Å²) in [6.45, 7) is 1.81. The lowest BCUT2D eigenvalue weighted by Gasteiger charge is -2.37. The van der Waals surface area contributed by atoms with Crippen LogP contribution in [0, 0.1) is 5.82 Å². The molecule has 0 aromatic heterocycles. The first-order valence-corrected chi connectivity index (χ1v) is 14.0. The van der Waals surface area contributed by atoms with Crippen LogP contribution in [-0.2, 0) is 4.79 Å². The predicted molar refractivity (Wildman–Crippen MR) is 152 cm³/mol. The van der Waals surface area contributed by atoms with Gasteiger partial charge in [-0.05, 0) is 66.8 Å². The summed E-state index contributed by atoms with van der Waals surface area (Å²) in [5.74, 6) is 0.156. The smallest absolute Gasteiger partial charge is 0.262 e. The topological polar surface area (TPSA) is 61.9 Å². The molecule has 39 heavy (non-hydrogen) atoms. The van der Waals surface area contributed by atoms with Crippen molar-refractivity contribution in [3.8, 4) is 5.75 Å². The number of benzene rings is 3. The van der Waals surface area contributed by atoms with E-state index in [2.05, 4.69) is 22.3 Å². The lowest BCUT2D eigenvalue weighted by atomic mass is 9.84. The maximum absolute atomic E-state index is 14.1. The molecule has 1 heterocycles. The van der Waals surface area contributed by atoms with E-state index >= 15 is 0 Å². The summed E-state index contributed by atoms with van der Waals surface area (Å²) in [4.78, 5) is 29.3. The van der Waals surface area contributed by atoms with Crippen LogP contribution >= 0.6 is 11.6 Å². The van der Waals surface area contributed by atoms with E-state index in [0.29, 0.717) is 48.6 Å². The average Bonchev–Trinajstić information content (AvgIpc) is 2.97. The first kappa shape index (κ1) is 27.0. The molecule has 3 aromatic carbocycles. The van der Waals surface area contributed by atoms with Crippen LogP contribution in [0.15, 0.2) is 66.7 Å². The molecular weight excluding hydrogens is 517 g/mol. The minimum atomic E-state index is -0.519. The SMILES string of the molecule is O=C(COc1ccc(C2CCCCC2)cc1)Nc1cc(Cl)ccc1N1CCN(C(=O)c2ccccc2F)CC1. The summed E-state index contributed by atoms with van der Waals surface area (Å²) < 4.78 is 19.9. The Bertz CT molecular complexity index is 1300. The van der Waals surface area contributed by atoms with Crippen LogP contribution < -0.4 is 15.0 Å². The highest BCUT2D eigenvalue weighted by atomic mass is 35.5. The molecule has 1 saturated heterocycles. The molecule has 2 fully saturated rings. The van der Waals surface area contributed by atoms with Gasteiger partial charge in [0.15, 0.2) is 6.61 Å². The van der Waals surface area contributed by atoms with Crippen LogP contribution in [0.5, 0.6) is 5.75 Å². The van der Waals surface area contributed by atoms with Crippen LogP contribution in [0.3, 0.4) is 0 Å². The van der Waals surface area contributed by atoms with E-state index in [-0.39, 0.29) is 24.0 Å².